The van der Waals surface area contributed by atoms with E-state index in [1.807, 2.05) is 54.6 Å². The van der Waals surface area contributed by atoms with Gasteiger partial charge in [0.1, 0.15) is 0 Å². The predicted molar refractivity (Wildman–Crippen MR) is 153 cm³/mol. The van der Waals surface area contributed by atoms with Crippen LogP contribution < -0.4 is 10.4 Å². The maximum Gasteiger partial charge on any atom is 0.264 e. The molecule has 4 rings (SSSR count). The van der Waals surface area contributed by atoms with Crippen molar-refractivity contribution in [3.8, 4) is 0 Å². The van der Waals surface area contributed by atoms with Gasteiger partial charge in [-0.25, -0.2) is 0 Å². The van der Waals surface area contributed by atoms with Gasteiger partial charge in [0, 0.05) is 0 Å². The molecule has 4 nitrogen and oxygen atoms in total. The van der Waals surface area contributed by atoms with Gasteiger partial charge in [0.05, 0.1) is 19.0 Å². The highest BCUT2D eigenvalue weighted by atomic mass is 32.2. The Hall–Kier alpha value is -3.03. The lowest BCUT2D eigenvalue weighted by molar-refractivity contribution is 0.225. The third-order valence-corrected chi connectivity index (χ3v) is 12.1. The molecule has 4 aromatic carbocycles. The topological polar surface area (TPSA) is 52.6 Å². The standard InChI is InChI=1S/C31H34O4SSi/c1-31(2,3)37(27-19-10-6-11-20-27,28-21-12-7-13-22-28)35-30(25-16-8-5-9-17-25)29-23-15-14-18-26(29)24-34-36(4,32)33/h5-23,30H,24H2,1-4H3/t30-/m1/s1. The number of benzene rings is 4. The lowest BCUT2D eigenvalue weighted by Gasteiger charge is -2.45. The molecule has 0 unspecified atom stereocenters. The van der Waals surface area contributed by atoms with Gasteiger partial charge < -0.3 is 4.43 Å². The molecule has 6 heteroatoms. The molecule has 4 aromatic rings. The van der Waals surface area contributed by atoms with E-state index in [1.165, 1.54) is 10.4 Å². The van der Waals surface area contributed by atoms with E-state index in [1.54, 1.807) is 0 Å². The Labute approximate surface area is 222 Å². The Morgan fingerprint density at radius 2 is 1.16 bits per heavy atom. The van der Waals surface area contributed by atoms with Crippen LogP contribution in [0.2, 0.25) is 5.04 Å². The average molecular weight is 531 g/mol. The number of hydrogen-bond acceptors (Lipinski definition) is 4. The van der Waals surface area contributed by atoms with Crippen LogP contribution in [0.5, 0.6) is 0 Å². The third kappa shape index (κ3) is 6.10. The van der Waals surface area contributed by atoms with E-state index in [0.29, 0.717) is 0 Å². The largest absolute Gasteiger partial charge is 0.396 e. The highest BCUT2D eigenvalue weighted by Gasteiger charge is 2.52. The molecule has 0 fully saturated rings. The Balaban J connectivity index is 1.96. The highest BCUT2D eigenvalue weighted by molar-refractivity contribution is 7.85. The normalized spacial score (nSPS) is 13.3. The van der Waals surface area contributed by atoms with Gasteiger partial charge in [0.15, 0.2) is 0 Å². The number of hydrogen-bond donors (Lipinski definition) is 0. The summed E-state index contributed by atoms with van der Waals surface area (Å²) in [4.78, 5) is 0. The SMILES string of the molecule is CC(C)(C)[Si](O[C@H](c1ccccc1)c1ccccc1COS(C)(=O)=O)(c1ccccc1)c1ccccc1. The predicted octanol–water partition coefficient (Wildman–Crippen LogP) is 5.83. The summed E-state index contributed by atoms with van der Waals surface area (Å²) in [6.45, 7) is 6.70. The maximum atomic E-state index is 11.8. The zero-order chi connectivity index (χ0) is 26.5. The lowest BCUT2D eigenvalue weighted by Crippen LogP contribution is -2.67. The molecule has 0 aromatic heterocycles. The summed E-state index contributed by atoms with van der Waals surface area (Å²) in [5.74, 6) is 0. The van der Waals surface area contributed by atoms with Crippen LogP contribution in [0, 0.1) is 0 Å². The average Bonchev–Trinajstić information content (AvgIpc) is 2.89. The second-order valence-corrected chi connectivity index (χ2v) is 16.1. The first kappa shape index (κ1) is 27.0. The van der Waals surface area contributed by atoms with Crippen LogP contribution in [0.25, 0.3) is 0 Å². The van der Waals surface area contributed by atoms with Gasteiger partial charge >= 0.3 is 0 Å². The van der Waals surface area contributed by atoms with Gasteiger partial charge in [0.2, 0.25) is 0 Å². The summed E-state index contributed by atoms with van der Waals surface area (Å²) in [5, 5.41) is 2.14. The molecule has 0 spiro atoms. The summed E-state index contributed by atoms with van der Waals surface area (Å²) in [7, 11) is -6.53. The lowest BCUT2D eigenvalue weighted by atomic mass is 9.97. The van der Waals surface area contributed by atoms with Crippen LogP contribution in [0.15, 0.2) is 115 Å². The van der Waals surface area contributed by atoms with Crippen molar-refractivity contribution in [2.45, 2.75) is 38.5 Å². The van der Waals surface area contributed by atoms with Crippen LogP contribution in [-0.4, -0.2) is 23.0 Å². The smallest absolute Gasteiger partial charge is 0.264 e. The van der Waals surface area contributed by atoms with E-state index in [0.717, 1.165) is 22.9 Å². The minimum atomic E-state index is -3.61. The molecule has 0 heterocycles. The number of rotatable bonds is 9. The minimum absolute atomic E-state index is 0.0531. The second-order valence-electron chi connectivity index (χ2n) is 10.2. The van der Waals surface area contributed by atoms with Crippen molar-refractivity contribution in [1.82, 2.24) is 0 Å². The summed E-state index contributed by atoms with van der Waals surface area (Å²) in [6.07, 6.45) is 0.634. The van der Waals surface area contributed by atoms with E-state index < -0.39 is 24.5 Å². The Morgan fingerprint density at radius 3 is 1.65 bits per heavy atom. The fraction of sp³-hybridized carbons (Fsp3) is 0.226. The Morgan fingerprint density at radius 1 is 0.703 bits per heavy atom. The van der Waals surface area contributed by atoms with Crippen molar-refractivity contribution < 1.29 is 17.0 Å². The van der Waals surface area contributed by atoms with Crippen molar-refractivity contribution in [2.24, 2.45) is 0 Å². The van der Waals surface area contributed by atoms with E-state index in [2.05, 4.69) is 81.4 Å². The van der Waals surface area contributed by atoms with Crippen molar-refractivity contribution in [3.05, 3.63) is 132 Å². The van der Waals surface area contributed by atoms with Gasteiger partial charge in [-0.1, -0.05) is 136 Å². The van der Waals surface area contributed by atoms with Crippen molar-refractivity contribution in [2.75, 3.05) is 6.26 Å². The molecule has 192 valence electrons. The molecule has 0 aliphatic carbocycles. The van der Waals surface area contributed by atoms with E-state index in [4.69, 9.17) is 8.61 Å². The summed E-state index contributed by atoms with van der Waals surface area (Å²) >= 11 is 0. The Bertz CT molecular complexity index is 1360. The van der Waals surface area contributed by atoms with Gasteiger partial charge in [-0.15, -0.1) is 0 Å². The third-order valence-electron chi connectivity index (χ3n) is 6.58. The molecule has 0 N–H and O–H groups in total. The molecule has 1 atom stereocenters. The molecule has 37 heavy (non-hydrogen) atoms. The molecule has 0 saturated heterocycles. The van der Waals surface area contributed by atoms with E-state index in [9.17, 15) is 8.42 Å². The van der Waals surface area contributed by atoms with Gasteiger partial charge in [0.25, 0.3) is 18.4 Å². The van der Waals surface area contributed by atoms with Crippen LogP contribution in [0.4, 0.5) is 0 Å². The first-order valence-corrected chi connectivity index (χ1v) is 16.1. The van der Waals surface area contributed by atoms with Gasteiger partial charge in [-0.3, -0.25) is 4.18 Å². The monoisotopic (exact) mass is 530 g/mol. The molecule has 0 saturated carbocycles. The summed E-state index contributed by atoms with van der Waals surface area (Å²) in [6, 6.07) is 38.9. The van der Waals surface area contributed by atoms with E-state index in [-0.39, 0.29) is 11.6 Å². The highest BCUT2D eigenvalue weighted by Crippen LogP contribution is 2.42. The summed E-state index contributed by atoms with van der Waals surface area (Å²) in [5.41, 5.74) is 2.67. The van der Waals surface area contributed by atoms with E-state index >= 15 is 0 Å². The maximum absolute atomic E-state index is 11.8. The van der Waals surface area contributed by atoms with Crippen LogP contribution in [-0.2, 0) is 25.3 Å². The van der Waals surface area contributed by atoms with Crippen molar-refractivity contribution in [1.29, 1.82) is 0 Å². The first-order chi connectivity index (χ1) is 17.6. The molecule has 0 radical (unpaired) electrons. The quantitative estimate of drug-likeness (QED) is 0.202. The molecule has 0 amide bonds. The molecule has 0 aliphatic rings. The van der Waals surface area contributed by atoms with Crippen LogP contribution in [0.3, 0.4) is 0 Å². The van der Waals surface area contributed by atoms with Crippen LogP contribution in [0.1, 0.15) is 43.6 Å². The molecule has 0 bridgehead atoms. The minimum Gasteiger partial charge on any atom is -0.396 e. The Kier molecular flexibility index (Phi) is 8.14. The van der Waals surface area contributed by atoms with Crippen molar-refractivity contribution >= 4 is 28.8 Å². The van der Waals surface area contributed by atoms with Crippen LogP contribution >= 0.6 is 0 Å². The first-order valence-electron chi connectivity index (χ1n) is 12.4. The second kappa shape index (κ2) is 11.2. The zero-order valence-corrected chi connectivity index (χ0v) is 23.6. The zero-order valence-electron chi connectivity index (χ0n) is 21.8. The van der Waals surface area contributed by atoms with Crippen molar-refractivity contribution in [3.63, 3.8) is 0 Å². The molecule has 0 aliphatic heterocycles. The molecular weight excluding hydrogens is 496 g/mol. The van der Waals surface area contributed by atoms with Gasteiger partial charge in [-0.2, -0.15) is 8.42 Å². The van der Waals surface area contributed by atoms with Gasteiger partial charge in [-0.05, 0) is 32.1 Å². The fourth-order valence-electron chi connectivity index (χ4n) is 4.90. The summed E-state index contributed by atoms with van der Waals surface area (Å²) < 4.78 is 36.5. The molecular formula is C31H34O4SSi. The fourth-order valence-corrected chi connectivity index (χ4v) is 9.87.